The summed E-state index contributed by atoms with van der Waals surface area (Å²) in [5.41, 5.74) is 7.38. The van der Waals surface area contributed by atoms with Crippen molar-refractivity contribution in [2.75, 3.05) is 23.0 Å². The first-order valence-electron chi connectivity index (χ1n) is 11.4. The number of benzene rings is 2. The Morgan fingerprint density at radius 3 is 2.47 bits per heavy atom. The minimum absolute atomic E-state index is 0.0363. The summed E-state index contributed by atoms with van der Waals surface area (Å²) in [7, 11) is 0. The SMILES string of the molecule is CCOc1cc(F)c(CNc2ccccc2C(=N)c2nc(N=NN)c(N)c(Nc3ccncc3)n2)c(F)c1. The zero-order valence-corrected chi connectivity index (χ0v) is 20.2. The molecule has 13 heteroatoms. The molecule has 0 aliphatic heterocycles. The quantitative estimate of drug-likeness (QED) is 0.0856. The van der Waals surface area contributed by atoms with Crippen molar-refractivity contribution in [3.8, 4) is 5.75 Å². The minimum atomic E-state index is -0.751. The average Bonchev–Trinajstić information content (AvgIpc) is 2.91. The third-order valence-corrected chi connectivity index (χ3v) is 5.32. The second kappa shape index (κ2) is 11.7. The van der Waals surface area contributed by atoms with Crippen LogP contribution in [0.4, 0.5) is 37.5 Å². The first-order valence-corrected chi connectivity index (χ1v) is 11.4. The van der Waals surface area contributed by atoms with Crippen molar-refractivity contribution in [3.05, 3.63) is 89.5 Å². The summed E-state index contributed by atoms with van der Waals surface area (Å²) in [5.74, 6) is 3.93. The third-order valence-electron chi connectivity index (χ3n) is 5.32. The van der Waals surface area contributed by atoms with Crippen LogP contribution >= 0.6 is 0 Å². The van der Waals surface area contributed by atoms with Crippen molar-refractivity contribution >= 4 is 34.4 Å². The Labute approximate surface area is 216 Å². The number of hydrogen-bond acceptors (Lipinski definition) is 10. The Morgan fingerprint density at radius 2 is 1.79 bits per heavy atom. The summed E-state index contributed by atoms with van der Waals surface area (Å²) in [5, 5.41) is 21.9. The van der Waals surface area contributed by atoms with Gasteiger partial charge in [0.1, 0.15) is 28.8 Å². The molecule has 0 radical (unpaired) electrons. The van der Waals surface area contributed by atoms with E-state index in [9.17, 15) is 8.78 Å². The topological polar surface area (TPSA) is 173 Å². The van der Waals surface area contributed by atoms with Gasteiger partial charge in [-0.05, 0) is 25.1 Å². The Bertz CT molecular complexity index is 1460. The number of pyridine rings is 1. The summed E-state index contributed by atoms with van der Waals surface area (Å²) in [6.07, 6.45) is 3.17. The summed E-state index contributed by atoms with van der Waals surface area (Å²) in [4.78, 5) is 12.6. The van der Waals surface area contributed by atoms with Gasteiger partial charge in [0.05, 0.1) is 6.61 Å². The van der Waals surface area contributed by atoms with Gasteiger partial charge in [0.25, 0.3) is 0 Å². The van der Waals surface area contributed by atoms with Gasteiger partial charge in [0, 0.05) is 53.6 Å². The standard InChI is InChI=1S/C25H24F2N10O/c1-2-38-15-11-18(26)17(19(27)12-15)13-32-20-6-4-3-5-16(20)21(28)23-34-24(22(29)25(35-23)36-37-30)33-14-7-9-31-10-8-14/h3-12,28,32H,2,13,29H2,1H3,(H3,30,31,33,34,35,36). The molecule has 4 aromatic rings. The highest BCUT2D eigenvalue weighted by Crippen LogP contribution is 2.30. The highest BCUT2D eigenvalue weighted by molar-refractivity contribution is 6.12. The van der Waals surface area contributed by atoms with Gasteiger partial charge in [-0.15, -0.1) is 5.11 Å². The molecule has 11 nitrogen and oxygen atoms in total. The lowest BCUT2D eigenvalue weighted by atomic mass is 10.1. The molecule has 7 N–H and O–H groups in total. The number of nitrogens with zero attached hydrogens (tertiary/aromatic N) is 5. The van der Waals surface area contributed by atoms with E-state index in [0.29, 0.717) is 16.9 Å². The van der Waals surface area contributed by atoms with E-state index in [2.05, 4.69) is 35.9 Å². The van der Waals surface area contributed by atoms with Crippen molar-refractivity contribution < 1.29 is 13.5 Å². The van der Waals surface area contributed by atoms with Crippen LogP contribution in [0.3, 0.4) is 0 Å². The molecule has 2 aromatic carbocycles. The van der Waals surface area contributed by atoms with Crippen LogP contribution in [-0.2, 0) is 6.54 Å². The molecule has 0 spiro atoms. The Morgan fingerprint density at radius 1 is 1.08 bits per heavy atom. The largest absolute Gasteiger partial charge is 0.494 e. The maximum absolute atomic E-state index is 14.6. The van der Waals surface area contributed by atoms with E-state index in [1.807, 2.05) is 0 Å². The predicted molar refractivity (Wildman–Crippen MR) is 140 cm³/mol. The Hall–Kier alpha value is -5.20. The van der Waals surface area contributed by atoms with Gasteiger partial charge in [0.2, 0.25) is 5.82 Å². The van der Waals surface area contributed by atoms with Crippen molar-refractivity contribution in [2.24, 2.45) is 16.2 Å². The molecular formula is C25H24F2N10O. The minimum Gasteiger partial charge on any atom is -0.494 e. The van der Waals surface area contributed by atoms with Crippen LogP contribution in [0.1, 0.15) is 23.9 Å². The fourth-order valence-corrected chi connectivity index (χ4v) is 3.53. The van der Waals surface area contributed by atoms with E-state index in [0.717, 1.165) is 12.1 Å². The molecule has 0 aliphatic carbocycles. The lowest BCUT2D eigenvalue weighted by Gasteiger charge is -2.15. The fraction of sp³-hybridized carbons (Fsp3) is 0.120. The van der Waals surface area contributed by atoms with E-state index in [1.165, 1.54) is 0 Å². The highest BCUT2D eigenvalue weighted by Gasteiger charge is 2.19. The second-order valence-electron chi connectivity index (χ2n) is 7.78. The molecule has 2 aromatic heterocycles. The summed E-state index contributed by atoms with van der Waals surface area (Å²) in [6.45, 7) is 1.83. The lowest BCUT2D eigenvalue weighted by Crippen LogP contribution is -2.14. The number of anilines is 4. The lowest BCUT2D eigenvalue weighted by molar-refractivity contribution is 0.335. The van der Waals surface area contributed by atoms with Gasteiger partial charge in [-0.25, -0.2) is 18.7 Å². The van der Waals surface area contributed by atoms with Crippen LogP contribution < -0.4 is 26.9 Å². The van der Waals surface area contributed by atoms with Gasteiger partial charge in [-0.1, -0.05) is 23.4 Å². The molecular weight excluding hydrogens is 494 g/mol. The molecule has 2 heterocycles. The van der Waals surface area contributed by atoms with Crippen LogP contribution in [-0.4, -0.2) is 27.3 Å². The van der Waals surface area contributed by atoms with Crippen LogP contribution in [0.5, 0.6) is 5.75 Å². The van der Waals surface area contributed by atoms with E-state index in [4.69, 9.17) is 21.7 Å². The zero-order valence-electron chi connectivity index (χ0n) is 20.2. The van der Waals surface area contributed by atoms with Gasteiger partial charge < -0.3 is 26.9 Å². The van der Waals surface area contributed by atoms with Gasteiger partial charge in [0.15, 0.2) is 11.6 Å². The highest BCUT2D eigenvalue weighted by atomic mass is 19.1. The first kappa shape index (κ1) is 25.9. The number of para-hydroxylation sites is 1. The second-order valence-corrected chi connectivity index (χ2v) is 7.78. The normalized spacial score (nSPS) is 10.9. The molecule has 4 rings (SSSR count). The number of aromatic nitrogens is 3. The predicted octanol–water partition coefficient (Wildman–Crippen LogP) is 4.86. The molecule has 0 unspecified atom stereocenters. The van der Waals surface area contributed by atoms with E-state index in [-0.39, 0.29) is 53.3 Å². The number of nitrogens with one attached hydrogen (secondary N) is 3. The van der Waals surface area contributed by atoms with Crippen molar-refractivity contribution in [1.82, 2.24) is 15.0 Å². The molecule has 0 bridgehead atoms. The maximum atomic E-state index is 14.6. The van der Waals surface area contributed by atoms with E-state index >= 15 is 0 Å². The molecule has 0 atom stereocenters. The molecule has 194 valence electrons. The molecule has 0 amide bonds. The van der Waals surface area contributed by atoms with Gasteiger partial charge in [-0.3, -0.25) is 10.4 Å². The van der Waals surface area contributed by atoms with Crippen LogP contribution in [0.25, 0.3) is 0 Å². The van der Waals surface area contributed by atoms with E-state index < -0.39 is 11.6 Å². The first-order chi connectivity index (χ1) is 18.4. The summed E-state index contributed by atoms with van der Waals surface area (Å²) in [6, 6.07) is 12.4. The van der Waals surface area contributed by atoms with Gasteiger partial charge in [-0.2, -0.15) is 0 Å². The molecule has 0 saturated heterocycles. The van der Waals surface area contributed by atoms with Crippen LogP contribution in [0.2, 0.25) is 0 Å². The van der Waals surface area contributed by atoms with Crippen LogP contribution in [0.15, 0.2) is 71.3 Å². The molecule has 38 heavy (non-hydrogen) atoms. The van der Waals surface area contributed by atoms with Crippen molar-refractivity contribution in [2.45, 2.75) is 13.5 Å². The average molecular weight is 519 g/mol. The van der Waals surface area contributed by atoms with E-state index in [1.54, 1.807) is 55.7 Å². The maximum Gasteiger partial charge on any atom is 0.205 e. The van der Waals surface area contributed by atoms with Crippen LogP contribution in [0, 0.1) is 17.0 Å². The van der Waals surface area contributed by atoms with Gasteiger partial charge >= 0.3 is 0 Å². The third kappa shape index (κ3) is 5.78. The fourth-order valence-electron chi connectivity index (χ4n) is 3.53. The molecule has 0 fully saturated rings. The summed E-state index contributed by atoms with van der Waals surface area (Å²) < 4.78 is 34.3. The summed E-state index contributed by atoms with van der Waals surface area (Å²) >= 11 is 0. The Balaban J connectivity index is 1.65. The monoisotopic (exact) mass is 518 g/mol. The number of hydrogen-bond donors (Lipinski definition) is 5. The number of halogens is 2. The smallest absolute Gasteiger partial charge is 0.205 e. The number of nitrogens with two attached hydrogens (primary N) is 2. The number of nitrogen functional groups attached to an aromatic ring is 1. The molecule has 0 saturated carbocycles. The Kier molecular flexibility index (Phi) is 7.96. The van der Waals surface area contributed by atoms with Crippen molar-refractivity contribution in [1.29, 1.82) is 5.41 Å². The number of ether oxygens (including phenoxy) is 1. The zero-order chi connectivity index (χ0) is 27.1. The molecule has 0 aliphatic rings. The number of rotatable bonds is 10. The van der Waals surface area contributed by atoms with Crippen molar-refractivity contribution in [3.63, 3.8) is 0 Å².